The van der Waals surface area contributed by atoms with Crippen LogP contribution in [0.5, 0.6) is 0 Å². The lowest BCUT2D eigenvalue weighted by Gasteiger charge is -1.99. The van der Waals surface area contributed by atoms with Crippen molar-refractivity contribution < 1.29 is 4.79 Å². The molecular formula is C20H17N3OS2. The fourth-order valence-corrected chi connectivity index (χ4v) is 4.52. The first-order valence-electron chi connectivity index (χ1n) is 8.37. The third-order valence-electron chi connectivity index (χ3n) is 4.13. The number of aromatic nitrogens is 2. The van der Waals surface area contributed by atoms with E-state index in [2.05, 4.69) is 46.5 Å². The molecule has 0 bridgehead atoms. The molecule has 1 N–H and O–H groups in total. The highest BCUT2D eigenvalue weighted by Gasteiger charge is 2.17. The lowest BCUT2D eigenvalue weighted by atomic mass is 10.1. The second-order valence-corrected chi connectivity index (χ2v) is 7.95. The Morgan fingerprint density at radius 3 is 2.54 bits per heavy atom. The highest BCUT2D eigenvalue weighted by atomic mass is 32.1. The maximum atomic E-state index is 12.7. The first-order chi connectivity index (χ1) is 12.6. The summed E-state index contributed by atoms with van der Waals surface area (Å²) in [5.74, 6) is -0.157. The van der Waals surface area contributed by atoms with Gasteiger partial charge in [0.05, 0.1) is 15.9 Å². The van der Waals surface area contributed by atoms with Crippen molar-refractivity contribution >= 4 is 43.9 Å². The van der Waals surface area contributed by atoms with Gasteiger partial charge in [0, 0.05) is 5.56 Å². The molecule has 2 aromatic carbocycles. The number of anilines is 1. The Bertz CT molecular complexity index is 1050. The number of thiazole rings is 2. The predicted octanol–water partition coefficient (Wildman–Crippen LogP) is 5.54. The summed E-state index contributed by atoms with van der Waals surface area (Å²) >= 11 is 2.89. The topological polar surface area (TPSA) is 54.9 Å². The van der Waals surface area contributed by atoms with Crippen molar-refractivity contribution in [2.75, 3.05) is 5.32 Å². The van der Waals surface area contributed by atoms with Crippen LogP contribution in [0.2, 0.25) is 0 Å². The molecule has 2 aromatic heterocycles. The molecule has 0 aliphatic heterocycles. The number of rotatable bonds is 4. The van der Waals surface area contributed by atoms with Gasteiger partial charge in [-0.25, -0.2) is 9.97 Å². The lowest BCUT2D eigenvalue weighted by molar-refractivity contribution is 0.103. The summed E-state index contributed by atoms with van der Waals surface area (Å²) in [7, 11) is 0. The highest BCUT2D eigenvalue weighted by molar-refractivity contribution is 7.22. The Morgan fingerprint density at radius 2 is 1.81 bits per heavy atom. The van der Waals surface area contributed by atoms with E-state index < -0.39 is 0 Å². The van der Waals surface area contributed by atoms with Crippen molar-refractivity contribution in [3.63, 3.8) is 0 Å². The van der Waals surface area contributed by atoms with Crippen LogP contribution < -0.4 is 5.32 Å². The molecular weight excluding hydrogens is 362 g/mol. The van der Waals surface area contributed by atoms with Crippen molar-refractivity contribution in [3.8, 4) is 10.6 Å². The molecule has 26 heavy (non-hydrogen) atoms. The zero-order valence-electron chi connectivity index (χ0n) is 14.4. The van der Waals surface area contributed by atoms with Crippen molar-refractivity contribution in [3.05, 3.63) is 64.7 Å². The number of hydrogen-bond donors (Lipinski definition) is 1. The largest absolute Gasteiger partial charge is 0.297 e. The average molecular weight is 380 g/mol. The molecule has 0 aliphatic rings. The van der Waals surface area contributed by atoms with Crippen LogP contribution in [0.25, 0.3) is 20.8 Å². The Morgan fingerprint density at radius 1 is 1.04 bits per heavy atom. The van der Waals surface area contributed by atoms with Crippen molar-refractivity contribution in [1.82, 2.24) is 9.97 Å². The Labute approximate surface area is 159 Å². The molecule has 4 rings (SSSR count). The highest BCUT2D eigenvalue weighted by Crippen LogP contribution is 2.30. The third-order valence-corrected chi connectivity index (χ3v) is 6.28. The molecule has 0 fully saturated rings. The average Bonchev–Trinajstić information content (AvgIpc) is 3.24. The van der Waals surface area contributed by atoms with Gasteiger partial charge < -0.3 is 0 Å². The van der Waals surface area contributed by atoms with Crippen LogP contribution in [0.3, 0.4) is 0 Å². The number of hydrogen-bond acceptors (Lipinski definition) is 5. The van der Waals surface area contributed by atoms with E-state index in [0.29, 0.717) is 10.0 Å². The Kier molecular flexibility index (Phi) is 4.53. The quantitative estimate of drug-likeness (QED) is 0.506. The standard InChI is InChI=1S/C20H17N3OS2/c1-3-13-8-10-14(11-9-13)19-21-12(2)17(26-19)18(24)23-20-22-15-6-4-5-7-16(15)25-20/h4-11H,3H2,1-2H3,(H,22,23,24). The van der Waals surface area contributed by atoms with Crippen LogP contribution in [0.15, 0.2) is 48.5 Å². The molecule has 0 aliphatic carbocycles. The van der Waals surface area contributed by atoms with E-state index in [1.807, 2.05) is 31.2 Å². The van der Waals surface area contributed by atoms with Gasteiger partial charge in [-0.1, -0.05) is 54.7 Å². The number of carbonyl (C=O) groups is 1. The van der Waals surface area contributed by atoms with Crippen LogP contribution in [0.1, 0.15) is 27.9 Å². The van der Waals surface area contributed by atoms with Gasteiger partial charge in [0.1, 0.15) is 9.88 Å². The van der Waals surface area contributed by atoms with Gasteiger partial charge in [-0.3, -0.25) is 10.1 Å². The van der Waals surface area contributed by atoms with Crippen molar-refractivity contribution in [2.45, 2.75) is 20.3 Å². The molecule has 0 unspecified atom stereocenters. The zero-order chi connectivity index (χ0) is 18.1. The van der Waals surface area contributed by atoms with E-state index in [1.54, 1.807) is 0 Å². The lowest BCUT2D eigenvalue weighted by Crippen LogP contribution is -2.11. The van der Waals surface area contributed by atoms with E-state index >= 15 is 0 Å². The fourth-order valence-electron chi connectivity index (χ4n) is 2.69. The summed E-state index contributed by atoms with van der Waals surface area (Å²) in [6.45, 7) is 4.00. The van der Waals surface area contributed by atoms with Gasteiger partial charge in [0.2, 0.25) is 0 Å². The first-order valence-corrected chi connectivity index (χ1v) is 10.0. The first kappa shape index (κ1) is 16.9. The number of para-hydroxylation sites is 1. The normalized spacial score (nSPS) is 11.0. The molecule has 130 valence electrons. The maximum absolute atomic E-state index is 12.7. The summed E-state index contributed by atoms with van der Waals surface area (Å²) in [6, 6.07) is 16.2. The zero-order valence-corrected chi connectivity index (χ0v) is 16.1. The summed E-state index contributed by atoms with van der Waals surface area (Å²) in [4.78, 5) is 22.4. The van der Waals surface area contributed by atoms with Gasteiger partial charge in [0.15, 0.2) is 5.13 Å². The molecule has 0 spiro atoms. The number of fused-ring (bicyclic) bond motifs is 1. The number of benzene rings is 2. The fraction of sp³-hybridized carbons (Fsp3) is 0.150. The molecule has 0 saturated carbocycles. The number of aryl methyl sites for hydroxylation is 2. The van der Waals surface area contributed by atoms with Crippen molar-refractivity contribution in [1.29, 1.82) is 0 Å². The number of nitrogens with one attached hydrogen (secondary N) is 1. The molecule has 0 radical (unpaired) electrons. The number of nitrogens with zero attached hydrogens (tertiary/aromatic N) is 2. The summed E-state index contributed by atoms with van der Waals surface area (Å²) in [6.07, 6.45) is 1.01. The van der Waals surface area contributed by atoms with E-state index in [1.165, 1.54) is 28.2 Å². The molecule has 6 heteroatoms. The molecule has 4 aromatic rings. The Hall–Kier alpha value is -2.57. The van der Waals surface area contributed by atoms with E-state index in [0.717, 1.165) is 32.9 Å². The number of amides is 1. The van der Waals surface area contributed by atoms with Crippen LogP contribution in [-0.4, -0.2) is 15.9 Å². The van der Waals surface area contributed by atoms with E-state index in [-0.39, 0.29) is 5.91 Å². The third kappa shape index (κ3) is 3.25. The predicted molar refractivity (Wildman–Crippen MR) is 109 cm³/mol. The Balaban J connectivity index is 1.58. The maximum Gasteiger partial charge on any atom is 0.269 e. The molecule has 0 atom stereocenters. The summed E-state index contributed by atoms with van der Waals surface area (Å²) in [5.41, 5.74) is 3.96. The van der Waals surface area contributed by atoms with Crippen LogP contribution in [0, 0.1) is 6.92 Å². The van der Waals surface area contributed by atoms with Gasteiger partial charge in [0.25, 0.3) is 5.91 Å². The minimum atomic E-state index is -0.157. The molecule has 0 saturated heterocycles. The monoisotopic (exact) mass is 379 g/mol. The minimum Gasteiger partial charge on any atom is -0.297 e. The SMILES string of the molecule is CCc1ccc(-c2nc(C)c(C(=O)Nc3nc4ccccc4s3)s2)cc1. The van der Waals surface area contributed by atoms with E-state index in [4.69, 9.17) is 0 Å². The van der Waals surface area contributed by atoms with Crippen LogP contribution in [0.4, 0.5) is 5.13 Å². The van der Waals surface area contributed by atoms with Crippen LogP contribution >= 0.6 is 22.7 Å². The number of carbonyl (C=O) groups excluding carboxylic acids is 1. The second kappa shape index (κ2) is 6.97. The van der Waals surface area contributed by atoms with Gasteiger partial charge in [-0.15, -0.1) is 11.3 Å². The molecule has 4 nitrogen and oxygen atoms in total. The smallest absolute Gasteiger partial charge is 0.269 e. The van der Waals surface area contributed by atoms with Gasteiger partial charge in [-0.05, 0) is 31.0 Å². The summed E-state index contributed by atoms with van der Waals surface area (Å²) < 4.78 is 1.06. The molecule has 2 heterocycles. The van der Waals surface area contributed by atoms with Crippen molar-refractivity contribution in [2.24, 2.45) is 0 Å². The van der Waals surface area contributed by atoms with Crippen LogP contribution in [-0.2, 0) is 6.42 Å². The summed E-state index contributed by atoms with van der Waals surface area (Å²) in [5, 5.41) is 4.38. The van der Waals surface area contributed by atoms with E-state index in [9.17, 15) is 4.79 Å². The second-order valence-electron chi connectivity index (χ2n) is 5.92. The van der Waals surface area contributed by atoms with Gasteiger partial charge in [-0.2, -0.15) is 0 Å². The van der Waals surface area contributed by atoms with Gasteiger partial charge >= 0.3 is 0 Å². The minimum absolute atomic E-state index is 0.157. The molecule has 1 amide bonds.